The fraction of sp³-hybridized carbons (Fsp3) is 0.333. The molecule has 37 heavy (non-hydrogen) atoms. The van der Waals surface area contributed by atoms with Crippen LogP contribution in [-0.4, -0.2) is 67.5 Å². The number of anilines is 1. The predicted octanol–water partition coefficient (Wildman–Crippen LogP) is 4.19. The standard InChI is InChI=1S/C30H32FN3O3/c31-27-13-7-8-14-28(27)32-15-17-33(18-16-32)30(36)25-19-24(23-9-3-1-4-10-23)20-34(21-25)29(35)22-37-26-11-5-2-6-12-26/h1-14,24-25H,15-22H2/t24-,25+/m1/s1. The Hall–Kier alpha value is -3.87. The van der Waals surface area contributed by atoms with Gasteiger partial charge in [0.1, 0.15) is 11.6 Å². The van der Waals surface area contributed by atoms with Crippen molar-refractivity contribution in [1.29, 1.82) is 0 Å². The highest BCUT2D eigenvalue weighted by Crippen LogP contribution is 2.32. The Labute approximate surface area is 217 Å². The first-order valence-corrected chi connectivity index (χ1v) is 12.9. The second-order valence-corrected chi connectivity index (χ2v) is 9.70. The third-order valence-corrected chi connectivity index (χ3v) is 7.31. The van der Waals surface area contributed by atoms with E-state index in [1.807, 2.05) is 64.4 Å². The molecule has 192 valence electrons. The molecule has 0 aromatic heterocycles. The number of ether oxygens (including phenoxy) is 1. The summed E-state index contributed by atoms with van der Waals surface area (Å²) in [6.45, 7) is 3.10. The Kier molecular flexibility index (Phi) is 7.68. The molecule has 3 aromatic carbocycles. The second kappa shape index (κ2) is 11.5. The summed E-state index contributed by atoms with van der Waals surface area (Å²) in [5.74, 6) is 0.131. The molecule has 0 spiro atoms. The Morgan fingerprint density at radius 2 is 1.43 bits per heavy atom. The number of piperidine rings is 1. The molecule has 2 heterocycles. The molecule has 7 heteroatoms. The maximum atomic E-state index is 14.2. The number of benzene rings is 3. The maximum absolute atomic E-state index is 14.2. The first-order valence-electron chi connectivity index (χ1n) is 12.9. The molecule has 3 aromatic rings. The van der Waals surface area contributed by atoms with Gasteiger partial charge in [-0.3, -0.25) is 9.59 Å². The zero-order valence-corrected chi connectivity index (χ0v) is 20.8. The van der Waals surface area contributed by atoms with Gasteiger partial charge in [-0.2, -0.15) is 0 Å². The van der Waals surface area contributed by atoms with Crippen LogP contribution in [0.2, 0.25) is 0 Å². The number of likely N-dealkylation sites (tertiary alicyclic amines) is 1. The third-order valence-electron chi connectivity index (χ3n) is 7.31. The van der Waals surface area contributed by atoms with Crippen molar-refractivity contribution in [3.05, 3.63) is 96.3 Å². The number of rotatable bonds is 6. The van der Waals surface area contributed by atoms with E-state index in [1.165, 1.54) is 6.07 Å². The normalized spacial score (nSPS) is 20.0. The molecule has 5 rings (SSSR count). The van der Waals surface area contributed by atoms with Gasteiger partial charge in [0, 0.05) is 45.2 Å². The van der Waals surface area contributed by atoms with E-state index in [-0.39, 0.29) is 36.1 Å². The zero-order chi connectivity index (χ0) is 25.6. The highest BCUT2D eigenvalue weighted by molar-refractivity contribution is 5.82. The summed E-state index contributed by atoms with van der Waals surface area (Å²) in [4.78, 5) is 32.5. The minimum absolute atomic E-state index is 0.0618. The summed E-state index contributed by atoms with van der Waals surface area (Å²) >= 11 is 0. The van der Waals surface area contributed by atoms with Gasteiger partial charge >= 0.3 is 0 Å². The van der Waals surface area contributed by atoms with E-state index in [0.29, 0.717) is 57.1 Å². The van der Waals surface area contributed by atoms with E-state index in [9.17, 15) is 14.0 Å². The summed E-state index contributed by atoms with van der Waals surface area (Å²) < 4.78 is 20.0. The average Bonchev–Trinajstić information content (AvgIpc) is 2.96. The third kappa shape index (κ3) is 5.93. The van der Waals surface area contributed by atoms with Crippen LogP contribution in [0.5, 0.6) is 5.75 Å². The number of piperazine rings is 1. The van der Waals surface area contributed by atoms with Crippen LogP contribution in [0, 0.1) is 11.7 Å². The van der Waals surface area contributed by atoms with Crippen molar-refractivity contribution in [2.45, 2.75) is 12.3 Å². The molecular formula is C30H32FN3O3. The highest BCUT2D eigenvalue weighted by atomic mass is 19.1. The van der Waals surface area contributed by atoms with Crippen molar-refractivity contribution in [3.63, 3.8) is 0 Å². The average molecular weight is 502 g/mol. The molecule has 2 fully saturated rings. The number of amides is 2. The van der Waals surface area contributed by atoms with Crippen molar-refractivity contribution in [2.75, 3.05) is 50.8 Å². The largest absolute Gasteiger partial charge is 0.484 e. The zero-order valence-electron chi connectivity index (χ0n) is 20.8. The minimum Gasteiger partial charge on any atom is -0.484 e. The number of hydrogen-bond donors (Lipinski definition) is 0. The lowest BCUT2D eigenvalue weighted by Gasteiger charge is -2.41. The van der Waals surface area contributed by atoms with E-state index < -0.39 is 0 Å². The molecule has 0 radical (unpaired) electrons. The summed E-state index contributed by atoms with van der Waals surface area (Å²) in [6, 6.07) is 26.1. The number of hydrogen-bond acceptors (Lipinski definition) is 4. The van der Waals surface area contributed by atoms with Crippen LogP contribution in [0.25, 0.3) is 0 Å². The lowest BCUT2D eigenvalue weighted by molar-refractivity contribution is -0.142. The van der Waals surface area contributed by atoms with Crippen molar-refractivity contribution in [2.24, 2.45) is 5.92 Å². The van der Waals surface area contributed by atoms with Gasteiger partial charge in [-0.15, -0.1) is 0 Å². The quantitative estimate of drug-likeness (QED) is 0.509. The molecule has 0 saturated carbocycles. The van der Waals surface area contributed by atoms with Crippen molar-refractivity contribution in [3.8, 4) is 5.75 Å². The van der Waals surface area contributed by atoms with Crippen LogP contribution in [0.3, 0.4) is 0 Å². The van der Waals surface area contributed by atoms with E-state index in [2.05, 4.69) is 12.1 Å². The molecule has 2 aliphatic rings. The number of halogens is 1. The summed E-state index contributed by atoms with van der Waals surface area (Å²) in [5, 5.41) is 0. The first-order chi connectivity index (χ1) is 18.1. The van der Waals surface area contributed by atoms with E-state index in [1.54, 1.807) is 17.0 Å². The summed E-state index contributed by atoms with van der Waals surface area (Å²) in [6.07, 6.45) is 0.694. The number of para-hydroxylation sites is 2. The number of carbonyl (C=O) groups excluding carboxylic acids is 2. The number of carbonyl (C=O) groups is 2. The second-order valence-electron chi connectivity index (χ2n) is 9.70. The lowest BCUT2D eigenvalue weighted by atomic mass is 9.83. The van der Waals surface area contributed by atoms with Crippen LogP contribution in [0.15, 0.2) is 84.9 Å². The van der Waals surface area contributed by atoms with Crippen molar-refractivity contribution < 1.29 is 18.7 Å². The molecule has 0 unspecified atom stereocenters. The SMILES string of the molecule is O=C(COc1ccccc1)N1C[C@@H](C(=O)N2CCN(c3ccccc3F)CC2)C[C@@H](c2ccccc2)C1. The Bertz CT molecular complexity index is 1200. The molecule has 2 saturated heterocycles. The minimum atomic E-state index is -0.292. The van der Waals surface area contributed by atoms with Crippen molar-refractivity contribution >= 4 is 17.5 Å². The van der Waals surface area contributed by atoms with Gasteiger partial charge < -0.3 is 19.4 Å². The summed E-state index contributed by atoms with van der Waals surface area (Å²) in [5.41, 5.74) is 1.71. The van der Waals surface area contributed by atoms with E-state index in [4.69, 9.17) is 4.74 Å². The molecule has 2 aliphatic heterocycles. The van der Waals surface area contributed by atoms with Crippen LogP contribution in [-0.2, 0) is 9.59 Å². The monoisotopic (exact) mass is 501 g/mol. The van der Waals surface area contributed by atoms with Gasteiger partial charge in [-0.05, 0) is 36.2 Å². The van der Waals surface area contributed by atoms with Crippen molar-refractivity contribution in [1.82, 2.24) is 9.80 Å². The molecule has 6 nitrogen and oxygen atoms in total. The molecule has 2 amide bonds. The van der Waals surface area contributed by atoms with Gasteiger partial charge in [-0.25, -0.2) is 4.39 Å². The Morgan fingerprint density at radius 1 is 0.784 bits per heavy atom. The number of nitrogens with zero attached hydrogens (tertiary/aromatic N) is 3. The molecule has 2 atom stereocenters. The van der Waals surface area contributed by atoms with Crippen LogP contribution >= 0.6 is 0 Å². The maximum Gasteiger partial charge on any atom is 0.260 e. The lowest BCUT2D eigenvalue weighted by Crippen LogP contribution is -2.54. The topological polar surface area (TPSA) is 53.1 Å². The molecular weight excluding hydrogens is 469 g/mol. The van der Waals surface area contributed by atoms with Gasteiger partial charge in [-0.1, -0.05) is 60.7 Å². The Morgan fingerprint density at radius 3 is 2.14 bits per heavy atom. The van der Waals surface area contributed by atoms with Gasteiger partial charge in [0.05, 0.1) is 11.6 Å². The predicted molar refractivity (Wildman–Crippen MR) is 141 cm³/mol. The smallest absolute Gasteiger partial charge is 0.260 e. The van der Waals surface area contributed by atoms with Gasteiger partial charge in [0.15, 0.2) is 6.61 Å². The van der Waals surface area contributed by atoms with Gasteiger partial charge in [0.2, 0.25) is 5.91 Å². The van der Waals surface area contributed by atoms with Crippen LogP contribution in [0.4, 0.5) is 10.1 Å². The molecule has 0 N–H and O–H groups in total. The van der Waals surface area contributed by atoms with Gasteiger partial charge in [0.25, 0.3) is 5.91 Å². The fourth-order valence-electron chi connectivity index (χ4n) is 5.34. The first kappa shape index (κ1) is 24.8. The Balaban J connectivity index is 1.26. The highest BCUT2D eigenvalue weighted by Gasteiger charge is 2.37. The molecule has 0 bridgehead atoms. The van der Waals surface area contributed by atoms with E-state index >= 15 is 0 Å². The summed E-state index contributed by atoms with van der Waals surface area (Å²) in [7, 11) is 0. The van der Waals surface area contributed by atoms with Crippen LogP contribution < -0.4 is 9.64 Å². The van der Waals surface area contributed by atoms with Crippen LogP contribution in [0.1, 0.15) is 17.9 Å². The van der Waals surface area contributed by atoms with E-state index in [0.717, 1.165) is 5.56 Å². The fourth-order valence-corrected chi connectivity index (χ4v) is 5.34. The molecule has 0 aliphatic carbocycles.